The van der Waals surface area contributed by atoms with E-state index in [2.05, 4.69) is 15.9 Å². The maximum absolute atomic E-state index is 11.9. The largest absolute Gasteiger partial charge is 0.506 e. The molecular formula is C12H9BrINO3S. The van der Waals surface area contributed by atoms with E-state index in [4.69, 9.17) is 0 Å². The number of likely N-dealkylation sites (N-methyl/N-ethyl adjacent to an activating group) is 1. The topological polar surface area (TPSA) is 57.6 Å². The highest BCUT2D eigenvalue weighted by Crippen LogP contribution is 2.35. The van der Waals surface area contributed by atoms with Crippen molar-refractivity contribution in [3.8, 4) is 5.75 Å². The molecule has 1 aromatic carbocycles. The van der Waals surface area contributed by atoms with E-state index in [9.17, 15) is 14.7 Å². The summed E-state index contributed by atoms with van der Waals surface area (Å²) >= 11 is 6.19. The van der Waals surface area contributed by atoms with Crippen molar-refractivity contribution < 1.29 is 14.7 Å². The number of imide groups is 1. The Morgan fingerprint density at radius 1 is 1.47 bits per heavy atom. The molecule has 1 aliphatic heterocycles. The zero-order valence-corrected chi connectivity index (χ0v) is 14.4. The van der Waals surface area contributed by atoms with E-state index in [0.717, 1.165) is 17.3 Å². The van der Waals surface area contributed by atoms with E-state index in [1.165, 1.54) is 4.90 Å². The molecule has 0 aromatic heterocycles. The van der Waals surface area contributed by atoms with Gasteiger partial charge in [-0.15, -0.1) is 0 Å². The number of phenolic OH excluding ortho intramolecular Hbond substituents is 1. The number of hydrogen-bond donors (Lipinski definition) is 1. The molecule has 0 aliphatic carbocycles. The van der Waals surface area contributed by atoms with E-state index in [1.807, 2.05) is 22.6 Å². The summed E-state index contributed by atoms with van der Waals surface area (Å²) in [5.41, 5.74) is 0.760. The lowest BCUT2D eigenvalue weighted by Gasteiger charge is -2.07. The van der Waals surface area contributed by atoms with Gasteiger partial charge in [0.1, 0.15) is 5.75 Å². The predicted octanol–water partition coefficient (Wildman–Crippen LogP) is 3.82. The van der Waals surface area contributed by atoms with Crippen LogP contribution >= 0.6 is 50.3 Å². The number of thioether (sulfide) groups is 1. The molecule has 1 aromatic rings. The van der Waals surface area contributed by atoms with E-state index < -0.39 is 0 Å². The molecule has 0 atom stereocenters. The molecule has 19 heavy (non-hydrogen) atoms. The molecule has 0 saturated carbocycles. The van der Waals surface area contributed by atoms with Crippen LogP contribution in [-0.2, 0) is 4.79 Å². The number of carbonyl (C=O) groups is 2. The van der Waals surface area contributed by atoms with Gasteiger partial charge in [0.2, 0.25) is 0 Å². The smallest absolute Gasteiger partial charge is 0.293 e. The van der Waals surface area contributed by atoms with Crippen LogP contribution in [0, 0.1) is 3.57 Å². The molecule has 2 rings (SSSR count). The molecular weight excluding hydrogens is 445 g/mol. The fourth-order valence-corrected chi connectivity index (χ4v) is 3.99. The molecule has 0 unspecified atom stereocenters. The Kier molecular flexibility index (Phi) is 4.57. The van der Waals surface area contributed by atoms with E-state index in [-0.39, 0.29) is 16.9 Å². The van der Waals surface area contributed by atoms with Crippen molar-refractivity contribution in [3.05, 3.63) is 30.6 Å². The number of aromatic hydroxyl groups is 1. The lowest BCUT2D eigenvalue weighted by Crippen LogP contribution is -2.27. The van der Waals surface area contributed by atoms with Crippen LogP contribution in [0.3, 0.4) is 0 Å². The number of amides is 2. The van der Waals surface area contributed by atoms with Crippen molar-refractivity contribution in [2.24, 2.45) is 0 Å². The summed E-state index contributed by atoms with van der Waals surface area (Å²) in [6.45, 7) is 2.14. The molecule has 2 amide bonds. The number of carbonyl (C=O) groups excluding carboxylic acids is 2. The zero-order chi connectivity index (χ0) is 14.2. The normalized spacial score (nSPS) is 17.6. The van der Waals surface area contributed by atoms with Crippen molar-refractivity contribution in [2.75, 3.05) is 6.54 Å². The average molecular weight is 454 g/mol. The molecule has 0 radical (unpaired) electrons. The quantitative estimate of drug-likeness (QED) is 0.546. The number of halogens is 2. The van der Waals surface area contributed by atoms with Crippen LogP contribution in [0.15, 0.2) is 21.5 Å². The summed E-state index contributed by atoms with van der Waals surface area (Å²) in [6.07, 6.45) is 1.66. The molecule has 1 aliphatic rings. The summed E-state index contributed by atoms with van der Waals surface area (Å²) in [5, 5.41) is 9.41. The van der Waals surface area contributed by atoms with Gasteiger partial charge in [-0.05, 0) is 81.0 Å². The van der Waals surface area contributed by atoms with E-state index in [0.29, 0.717) is 19.5 Å². The van der Waals surface area contributed by atoms with Gasteiger partial charge in [-0.25, -0.2) is 0 Å². The summed E-state index contributed by atoms with van der Waals surface area (Å²) in [7, 11) is 0. The Balaban J connectivity index is 2.38. The van der Waals surface area contributed by atoms with Crippen molar-refractivity contribution in [1.82, 2.24) is 4.90 Å². The van der Waals surface area contributed by atoms with Gasteiger partial charge in [0.25, 0.3) is 11.1 Å². The highest BCUT2D eigenvalue weighted by Gasteiger charge is 2.33. The molecule has 1 heterocycles. The summed E-state index contributed by atoms with van der Waals surface area (Å²) in [4.78, 5) is 25.1. The Bertz CT molecular complexity index is 580. The van der Waals surface area contributed by atoms with Gasteiger partial charge in [0.15, 0.2) is 0 Å². The van der Waals surface area contributed by atoms with Gasteiger partial charge < -0.3 is 5.11 Å². The van der Waals surface area contributed by atoms with Gasteiger partial charge in [-0.1, -0.05) is 0 Å². The van der Waals surface area contributed by atoms with Gasteiger partial charge in [0, 0.05) is 6.54 Å². The minimum absolute atomic E-state index is 0.166. The third-order valence-electron chi connectivity index (χ3n) is 2.53. The first-order valence-electron chi connectivity index (χ1n) is 5.37. The molecule has 0 spiro atoms. The van der Waals surface area contributed by atoms with Crippen LogP contribution < -0.4 is 0 Å². The number of benzene rings is 1. The van der Waals surface area contributed by atoms with Crippen LogP contribution in [0.1, 0.15) is 12.5 Å². The molecule has 1 fully saturated rings. The molecule has 1 saturated heterocycles. The van der Waals surface area contributed by atoms with Crippen molar-refractivity contribution >= 4 is 67.5 Å². The average Bonchev–Trinajstić information content (AvgIpc) is 2.61. The summed E-state index contributed by atoms with van der Waals surface area (Å²) < 4.78 is 1.23. The standard InChI is InChI=1S/C12H9BrINO3S/c1-2-15-11(17)9(19-12(15)18)5-6-3-7(13)10(16)8(14)4-6/h3-5,16H,2H2,1H3/b9-5+. The van der Waals surface area contributed by atoms with Gasteiger partial charge in [-0.2, -0.15) is 0 Å². The van der Waals surface area contributed by atoms with Crippen molar-refractivity contribution in [3.63, 3.8) is 0 Å². The second kappa shape index (κ2) is 5.84. The van der Waals surface area contributed by atoms with Crippen LogP contribution in [-0.4, -0.2) is 27.7 Å². The van der Waals surface area contributed by atoms with Crippen LogP contribution in [0.4, 0.5) is 4.79 Å². The van der Waals surface area contributed by atoms with Gasteiger partial charge >= 0.3 is 0 Å². The van der Waals surface area contributed by atoms with Gasteiger partial charge in [-0.3, -0.25) is 14.5 Å². The molecule has 4 nitrogen and oxygen atoms in total. The number of nitrogens with zero attached hydrogens (tertiary/aromatic N) is 1. The SMILES string of the molecule is CCN1C(=O)S/C(=C/c2cc(Br)c(O)c(I)c2)C1=O. The third kappa shape index (κ3) is 2.97. The number of hydrogen-bond acceptors (Lipinski definition) is 4. The Hall–Kier alpha value is -0.540. The second-order valence-electron chi connectivity index (χ2n) is 3.76. The summed E-state index contributed by atoms with van der Waals surface area (Å²) in [5.74, 6) is -0.101. The minimum atomic E-state index is -0.267. The molecule has 100 valence electrons. The molecule has 0 bridgehead atoms. The van der Waals surface area contributed by atoms with E-state index >= 15 is 0 Å². The van der Waals surface area contributed by atoms with Crippen molar-refractivity contribution in [2.45, 2.75) is 6.92 Å². The second-order valence-corrected chi connectivity index (χ2v) is 6.77. The predicted molar refractivity (Wildman–Crippen MR) is 86.9 cm³/mol. The maximum Gasteiger partial charge on any atom is 0.293 e. The van der Waals surface area contributed by atoms with Crippen molar-refractivity contribution in [1.29, 1.82) is 0 Å². The lowest BCUT2D eigenvalue weighted by atomic mass is 10.2. The molecule has 7 heteroatoms. The highest BCUT2D eigenvalue weighted by atomic mass is 127. The number of rotatable bonds is 2. The summed E-state index contributed by atoms with van der Waals surface area (Å²) in [6, 6.07) is 3.46. The fourth-order valence-electron chi connectivity index (χ4n) is 1.59. The Morgan fingerprint density at radius 3 is 2.68 bits per heavy atom. The zero-order valence-electron chi connectivity index (χ0n) is 9.81. The Morgan fingerprint density at radius 2 is 2.16 bits per heavy atom. The monoisotopic (exact) mass is 453 g/mol. The first kappa shape index (κ1) is 14.9. The maximum atomic E-state index is 11.9. The number of phenols is 1. The van der Waals surface area contributed by atoms with Crippen LogP contribution in [0.2, 0.25) is 0 Å². The molecule has 1 N–H and O–H groups in total. The lowest BCUT2D eigenvalue weighted by molar-refractivity contribution is -0.122. The Labute approximate surface area is 136 Å². The highest BCUT2D eigenvalue weighted by molar-refractivity contribution is 14.1. The van der Waals surface area contributed by atoms with Crippen LogP contribution in [0.25, 0.3) is 6.08 Å². The van der Waals surface area contributed by atoms with E-state index in [1.54, 1.807) is 25.1 Å². The third-order valence-corrected chi connectivity index (χ3v) is 4.86. The first-order valence-corrected chi connectivity index (χ1v) is 8.06. The minimum Gasteiger partial charge on any atom is -0.506 e. The first-order chi connectivity index (χ1) is 8.93. The van der Waals surface area contributed by atoms with Gasteiger partial charge in [0.05, 0.1) is 12.9 Å². The van der Waals surface area contributed by atoms with Crippen LogP contribution in [0.5, 0.6) is 5.75 Å². The fraction of sp³-hybridized carbons (Fsp3) is 0.167.